The molecule has 0 saturated heterocycles. The summed E-state index contributed by atoms with van der Waals surface area (Å²) in [5, 5.41) is 35.2. The summed E-state index contributed by atoms with van der Waals surface area (Å²) in [7, 11) is 0. The molecule has 0 aliphatic carbocycles. The van der Waals surface area contributed by atoms with E-state index in [1.165, 1.54) is 0 Å². The fraction of sp³-hybridized carbons (Fsp3) is 0.900. The second-order valence-electron chi connectivity index (χ2n) is 3.55. The van der Waals surface area contributed by atoms with Crippen molar-refractivity contribution in [2.45, 2.75) is 44.3 Å². The molecule has 2 unspecified atom stereocenters. The molecule has 15 heavy (non-hydrogen) atoms. The van der Waals surface area contributed by atoms with Crippen LogP contribution in [0.15, 0.2) is 0 Å². The molecule has 0 aromatic rings. The van der Waals surface area contributed by atoms with Crippen molar-refractivity contribution in [3.05, 3.63) is 0 Å². The zero-order valence-electron chi connectivity index (χ0n) is 8.80. The van der Waals surface area contributed by atoms with Gasteiger partial charge in [-0.3, -0.25) is 4.79 Å². The Balaban J connectivity index is 3.56. The van der Waals surface area contributed by atoms with E-state index in [2.05, 4.69) is 0 Å². The van der Waals surface area contributed by atoms with Crippen LogP contribution in [0, 0.1) is 0 Å². The molecule has 5 nitrogen and oxygen atoms in total. The minimum absolute atomic E-state index is 0.153. The van der Waals surface area contributed by atoms with Gasteiger partial charge in [0.05, 0.1) is 6.61 Å². The van der Waals surface area contributed by atoms with E-state index in [9.17, 15) is 9.90 Å². The molecular formula is C10H20O5. The number of aliphatic hydroxyl groups excluding tert-OH is 4. The number of Topliss-reactive ketones (excluding diaryl/α,β-unsaturated/α-hetero) is 1. The highest BCUT2D eigenvalue weighted by molar-refractivity contribution is 5.83. The third-order valence-corrected chi connectivity index (χ3v) is 2.21. The average Bonchev–Trinajstić information content (AvgIpc) is 2.26. The van der Waals surface area contributed by atoms with Crippen LogP contribution >= 0.6 is 0 Å². The van der Waals surface area contributed by atoms with Crippen molar-refractivity contribution >= 4 is 5.78 Å². The number of hydrogen-bond acceptors (Lipinski definition) is 5. The summed E-state index contributed by atoms with van der Waals surface area (Å²) in [6.07, 6.45) is 0.354. The lowest BCUT2D eigenvalue weighted by atomic mass is 10.0. The molecule has 0 saturated carbocycles. The van der Waals surface area contributed by atoms with Crippen molar-refractivity contribution in [3.63, 3.8) is 0 Å². The monoisotopic (exact) mass is 220 g/mol. The van der Waals surface area contributed by atoms with Crippen LogP contribution in [0.25, 0.3) is 0 Å². The van der Waals surface area contributed by atoms with Crippen LogP contribution in [0.4, 0.5) is 0 Å². The zero-order valence-corrected chi connectivity index (χ0v) is 8.80. The van der Waals surface area contributed by atoms with Crippen LogP contribution in [0.2, 0.25) is 0 Å². The fourth-order valence-electron chi connectivity index (χ4n) is 1.23. The van der Waals surface area contributed by atoms with Gasteiger partial charge in [0, 0.05) is 13.0 Å². The summed E-state index contributed by atoms with van der Waals surface area (Å²) >= 11 is 0. The van der Waals surface area contributed by atoms with Gasteiger partial charge >= 0.3 is 0 Å². The molecule has 0 amide bonds. The second-order valence-corrected chi connectivity index (χ2v) is 3.55. The Bertz CT molecular complexity index is 171. The van der Waals surface area contributed by atoms with Crippen molar-refractivity contribution in [2.24, 2.45) is 0 Å². The molecule has 0 spiro atoms. The molecule has 0 radical (unpaired) electrons. The molecule has 5 heteroatoms. The molecule has 0 fully saturated rings. The summed E-state index contributed by atoms with van der Waals surface area (Å²) in [5.74, 6) is -0.444. The average molecular weight is 220 g/mol. The summed E-state index contributed by atoms with van der Waals surface area (Å²) in [6, 6.07) is 0. The maximum absolute atomic E-state index is 11.2. The number of rotatable bonds is 9. The maximum atomic E-state index is 11.2. The van der Waals surface area contributed by atoms with Crippen LogP contribution in [-0.4, -0.2) is 51.6 Å². The normalized spacial score (nSPS) is 14.9. The number of unbranched alkanes of at least 4 members (excludes halogenated alkanes) is 3. The molecular weight excluding hydrogens is 200 g/mol. The third kappa shape index (κ3) is 6.57. The number of hydrogen-bond donors (Lipinski definition) is 4. The predicted molar refractivity (Wildman–Crippen MR) is 54.3 cm³/mol. The van der Waals surface area contributed by atoms with Gasteiger partial charge in [0.1, 0.15) is 12.2 Å². The van der Waals surface area contributed by atoms with Gasteiger partial charge in [-0.25, -0.2) is 0 Å². The van der Waals surface area contributed by atoms with Gasteiger partial charge in [-0.05, 0) is 12.8 Å². The zero-order chi connectivity index (χ0) is 11.7. The minimum atomic E-state index is -1.48. The summed E-state index contributed by atoms with van der Waals surface area (Å²) in [6.45, 7) is -0.461. The van der Waals surface area contributed by atoms with Crippen molar-refractivity contribution in [1.82, 2.24) is 0 Å². The van der Waals surface area contributed by atoms with Crippen LogP contribution in [0.3, 0.4) is 0 Å². The molecule has 0 rings (SSSR count). The van der Waals surface area contributed by atoms with Gasteiger partial charge in [-0.1, -0.05) is 12.8 Å². The Kier molecular flexibility index (Phi) is 8.50. The molecule has 0 aromatic heterocycles. The second kappa shape index (κ2) is 8.79. The molecule has 0 aliphatic heterocycles. The van der Waals surface area contributed by atoms with Gasteiger partial charge in [0.2, 0.25) is 0 Å². The first-order valence-corrected chi connectivity index (χ1v) is 5.24. The molecule has 0 heterocycles. The Hall–Kier alpha value is -0.490. The summed E-state index contributed by atoms with van der Waals surface area (Å²) < 4.78 is 0. The molecule has 90 valence electrons. The number of carbonyl (C=O) groups is 1. The fourth-order valence-corrected chi connectivity index (χ4v) is 1.23. The molecule has 0 aromatic carbocycles. The van der Waals surface area contributed by atoms with Crippen LogP contribution in [-0.2, 0) is 4.79 Å². The lowest BCUT2D eigenvalue weighted by Crippen LogP contribution is -2.36. The highest BCUT2D eigenvalue weighted by Gasteiger charge is 2.22. The first kappa shape index (κ1) is 14.5. The van der Waals surface area contributed by atoms with Gasteiger partial charge in [-0.2, -0.15) is 0 Å². The van der Waals surface area contributed by atoms with Crippen molar-refractivity contribution < 1.29 is 25.2 Å². The lowest BCUT2D eigenvalue weighted by Gasteiger charge is -2.13. The Morgan fingerprint density at radius 2 is 1.60 bits per heavy atom. The lowest BCUT2D eigenvalue weighted by molar-refractivity contribution is -0.134. The number of ketones is 1. The van der Waals surface area contributed by atoms with E-state index >= 15 is 0 Å². The van der Waals surface area contributed by atoms with E-state index in [0.717, 1.165) is 19.3 Å². The highest BCUT2D eigenvalue weighted by Crippen LogP contribution is 2.06. The largest absolute Gasteiger partial charge is 0.396 e. The topological polar surface area (TPSA) is 98.0 Å². The Morgan fingerprint density at radius 3 is 2.13 bits per heavy atom. The quantitative estimate of drug-likeness (QED) is 0.382. The first-order valence-electron chi connectivity index (χ1n) is 5.24. The van der Waals surface area contributed by atoms with E-state index in [4.69, 9.17) is 15.3 Å². The Morgan fingerprint density at radius 1 is 1.00 bits per heavy atom. The van der Waals surface area contributed by atoms with E-state index < -0.39 is 24.6 Å². The van der Waals surface area contributed by atoms with Crippen LogP contribution in [0.5, 0.6) is 0 Å². The smallest absolute Gasteiger partial charge is 0.164 e. The van der Waals surface area contributed by atoms with Gasteiger partial charge in [0.15, 0.2) is 5.78 Å². The molecule has 4 N–H and O–H groups in total. The van der Waals surface area contributed by atoms with E-state index in [1.54, 1.807) is 0 Å². The SMILES string of the molecule is O=C(CCCCCCO)C(O)C(O)CO. The summed E-state index contributed by atoms with van der Waals surface area (Å²) in [4.78, 5) is 11.2. The summed E-state index contributed by atoms with van der Waals surface area (Å²) in [5.41, 5.74) is 0. The van der Waals surface area contributed by atoms with Crippen molar-refractivity contribution in [2.75, 3.05) is 13.2 Å². The molecule has 0 bridgehead atoms. The minimum Gasteiger partial charge on any atom is -0.396 e. The Labute approximate surface area is 89.4 Å². The van der Waals surface area contributed by atoms with Crippen LogP contribution in [0.1, 0.15) is 32.1 Å². The number of aliphatic hydroxyl groups is 4. The van der Waals surface area contributed by atoms with E-state index in [0.29, 0.717) is 6.42 Å². The first-order chi connectivity index (χ1) is 7.13. The third-order valence-electron chi connectivity index (χ3n) is 2.21. The number of carbonyl (C=O) groups excluding carboxylic acids is 1. The predicted octanol–water partition coefficient (Wildman–Crippen LogP) is -0.788. The molecule has 2 atom stereocenters. The maximum Gasteiger partial charge on any atom is 0.164 e. The van der Waals surface area contributed by atoms with Crippen molar-refractivity contribution in [1.29, 1.82) is 0 Å². The standard InChI is InChI=1S/C10H20O5/c11-6-4-2-1-3-5-8(13)10(15)9(14)7-12/h9-12,14-15H,1-7H2. The van der Waals surface area contributed by atoms with Gasteiger partial charge in [-0.15, -0.1) is 0 Å². The van der Waals surface area contributed by atoms with E-state index in [-0.39, 0.29) is 13.0 Å². The van der Waals surface area contributed by atoms with Gasteiger partial charge in [0.25, 0.3) is 0 Å². The molecule has 0 aliphatic rings. The van der Waals surface area contributed by atoms with Gasteiger partial charge < -0.3 is 20.4 Å². The highest BCUT2D eigenvalue weighted by atomic mass is 16.4. The van der Waals surface area contributed by atoms with E-state index in [1.807, 2.05) is 0 Å². The van der Waals surface area contributed by atoms with Crippen LogP contribution < -0.4 is 0 Å². The van der Waals surface area contributed by atoms with Crippen molar-refractivity contribution in [3.8, 4) is 0 Å².